The van der Waals surface area contributed by atoms with E-state index in [9.17, 15) is 14.4 Å². The van der Waals surface area contributed by atoms with Gasteiger partial charge in [-0.2, -0.15) is 0 Å². The second-order valence-corrected chi connectivity index (χ2v) is 5.55. The van der Waals surface area contributed by atoms with Crippen LogP contribution < -0.4 is 20.7 Å². The van der Waals surface area contributed by atoms with Crippen molar-refractivity contribution in [2.75, 3.05) is 17.7 Å². The van der Waals surface area contributed by atoms with Gasteiger partial charge in [0.05, 0.1) is 24.8 Å². The van der Waals surface area contributed by atoms with E-state index >= 15 is 0 Å². The Bertz CT molecular complexity index is 835. The van der Waals surface area contributed by atoms with Crippen molar-refractivity contribution in [1.29, 1.82) is 0 Å². The largest absolute Gasteiger partial charge is 0.497 e. The first-order valence-electron chi connectivity index (χ1n) is 7.71. The van der Waals surface area contributed by atoms with Crippen molar-refractivity contribution in [2.24, 2.45) is 0 Å². The van der Waals surface area contributed by atoms with Crippen LogP contribution in [0.2, 0.25) is 0 Å². The lowest BCUT2D eigenvalue weighted by Gasteiger charge is -2.14. The fourth-order valence-electron chi connectivity index (χ4n) is 2.55. The van der Waals surface area contributed by atoms with E-state index in [1.54, 1.807) is 48.5 Å². The van der Waals surface area contributed by atoms with E-state index in [1.807, 2.05) is 0 Å². The summed E-state index contributed by atoms with van der Waals surface area (Å²) >= 11 is 0. The van der Waals surface area contributed by atoms with Gasteiger partial charge in [-0.15, -0.1) is 0 Å². The minimum atomic E-state index is -0.953. The van der Waals surface area contributed by atoms with E-state index in [0.717, 1.165) is 0 Å². The highest BCUT2D eigenvalue weighted by atomic mass is 16.5. The van der Waals surface area contributed by atoms with Gasteiger partial charge >= 0.3 is 0 Å². The normalized spacial score (nSPS) is 16.1. The van der Waals surface area contributed by atoms with E-state index in [0.29, 0.717) is 22.7 Å². The average Bonchev–Trinajstić information content (AvgIpc) is 2.72. The first-order chi connectivity index (χ1) is 12.1. The molecule has 0 saturated carbocycles. The molecule has 3 N–H and O–H groups in total. The number of para-hydroxylation sites is 1. The van der Waals surface area contributed by atoms with Crippen LogP contribution >= 0.6 is 0 Å². The summed E-state index contributed by atoms with van der Waals surface area (Å²) < 4.78 is 5.10. The van der Waals surface area contributed by atoms with Crippen molar-refractivity contribution in [1.82, 2.24) is 5.32 Å². The minimum absolute atomic E-state index is 0.178. The van der Waals surface area contributed by atoms with Gasteiger partial charge in [0, 0.05) is 11.8 Å². The van der Waals surface area contributed by atoms with Crippen LogP contribution in [0.5, 0.6) is 5.75 Å². The fourth-order valence-corrected chi connectivity index (χ4v) is 2.55. The molecular weight excluding hydrogens is 322 g/mol. The Morgan fingerprint density at radius 3 is 2.76 bits per heavy atom. The number of anilines is 2. The number of hydrogen-bond donors (Lipinski definition) is 3. The second kappa shape index (κ2) is 7.04. The Morgan fingerprint density at radius 2 is 1.96 bits per heavy atom. The number of benzene rings is 2. The molecule has 1 heterocycles. The molecule has 0 bridgehead atoms. The number of ether oxygens (including phenoxy) is 1. The van der Waals surface area contributed by atoms with Crippen molar-refractivity contribution >= 4 is 29.1 Å². The Kier molecular flexibility index (Phi) is 4.65. The third kappa shape index (κ3) is 3.77. The number of nitrogens with one attached hydrogen (secondary N) is 3. The second-order valence-electron chi connectivity index (χ2n) is 5.55. The molecule has 1 atom stereocenters. The predicted molar refractivity (Wildman–Crippen MR) is 92.6 cm³/mol. The summed E-state index contributed by atoms with van der Waals surface area (Å²) in [6.45, 7) is 0. The molecule has 0 fully saturated rings. The summed E-state index contributed by atoms with van der Waals surface area (Å²) in [5.74, 6) is -0.611. The molecular formula is C18H17N3O4. The number of carbonyl (C=O) groups is 3. The van der Waals surface area contributed by atoms with Crippen molar-refractivity contribution < 1.29 is 19.1 Å². The Hall–Kier alpha value is -3.35. The molecule has 0 radical (unpaired) electrons. The van der Waals surface area contributed by atoms with E-state index < -0.39 is 17.9 Å². The average molecular weight is 339 g/mol. The maximum atomic E-state index is 12.3. The smallest absolute Gasteiger partial charge is 0.254 e. The summed E-state index contributed by atoms with van der Waals surface area (Å²) in [4.78, 5) is 36.8. The summed E-state index contributed by atoms with van der Waals surface area (Å²) in [7, 11) is 1.53. The Morgan fingerprint density at radius 1 is 1.16 bits per heavy atom. The van der Waals surface area contributed by atoms with E-state index in [4.69, 9.17) is 4.74 Å². The maximum Gasteiger partial charge on any atom is 0.254 e. The Labute approximate surface area is 144 Å². The number of amides is 3. The molecule has 25 heavy (non-hydrogen) atoms. The molecule has 0 aromatic heterocycles. The lowest BCUT2D eigenvalue weighted by molar-refractivity contribution is -0.122. The summed E-state index contributed by atoms with van der Waals surface area (Å²) in [6.07, 6.45) is -0.178. The fraction of sp³-hybridized carbons (Fsp3) is 0.167. The first-order valence-corrected chi connectivity index (χ1v) is 7.71. The monoisotopic (exact) mass is 339 g/mol. The lowest BCUT2D eigenvalue weighted by Crippen LogP contribution is -2.43. The van der Waals surface area contributed by atoms with Crippen LogP contribution in [-0.4, -0.2) is 30.9 Å². The van der Waals surface area contributed by atoms with Crippen LogP contribution in [0.25, 0.3) is 0 Å². The Balaban J connectivity index is 1.69. The molecule has 0 unspecified atom stereocenters. The van der Waals surface area contributed by atoms with Gasteiger partial charge in [-0.1, -0.05) is 18.2 Å². The minimum Gasteiger partial charge on any atom is -0.497 e. The van der Waals surface area contributed by atoms with Gasteiger partial charge in [-0.05, 0) is 24.3 Å². The number of hydrogen-bond acceptors (Lipinski definition) is 4. The molecule has 7 nitrogen and oxygen atoms in total. The predicted octanol–water partition coefficient (Wildman–Crippen LogP) is 1.77. The van der Waals surface area contributed by atoms with Crippen molar-refractivity contribution in [3.05, 3.63) is 54.1 Å². The third-order valence-electron chi connectivity index (χ3n) is 3.79. The first kappa shape index (κ1) is 16.5. The highest BCUT2D eigenvalue weighted by Crippen LogP contribution is 2.20. The lowest BCUT2D eigenvalue weighted by atomic mass is 10.1. The molecule has 2 aromatic rings. The van der Waals surface area contributed by atoms with Gasteiger partial charge in [-0.25, -0.2) is 0 Å². The molecule has 1 aliphatic heterocycles. The quantitative estimate of drug-likeness (QED) is 0.791. The van der Waals surface area contributed by atoms with Gasteiger partial charge in [0.1, 0.15) is 11.8 Å². The SMILES string of the molecule is COc1cccc(NC(=O)C[C@H]2NC(=O)c3ccccc3NC2=O)c1. The maximum absolute atomic E-state index is 12.3. The third-order valence-corrected chi connectivity index (χ3v) is 3.79. The highest BCUT2D eigenvalue weighted by molar-refractivity contribution is 6.11. The van der Waals surface area contributed by atoms with Crippen LogP contribution in [0, 0.1) is 0 Å². The summed E-state index contributed by atoms with van der Waals surface area (Å²) in [5.41, 5.74) is 1.35. The highest BCUT2D eigenvalue weighted by Gasteiger charge is 2.29. The summed E-state index contributed by atoms with van der Waals surface area (Å²) in [5, 5.41) is 7.95. The van der Waals surface area contributed by atoms with Crippen molar-refractivity contribution in [2.45, 2.75) is 12.5 Å². The number of carbonyl (C=O) groups excluding carboxylic acids is 3. The molecule has 0 spiro atoms. The molecule has 0 aliphatic carbocycles. The van der Waals surface area contributed by atoms with E-state index in [-0.39, 0.29) is 12.3 Å². The van der Waals surface area contributed by atoms with Crippen molar-refractivity contribution in [3.8, 4) is 5.75 Å². The van der Waals surface area contributed by atoms with E-state index in [2.05, 4.69) is 16.0 Å². The number of methoxy groups -OCH3 is 1. The van der Waals surface area contributed by atoms with Gasteiger partial charge in [-0.3, -0.25) is 14.4 Å². The molecule has 128 valence electrons. The summed E-state index contributed by atoms with van der Waals surface area (Å²) in [6, 6.07) is 12.6. The molecule has 2 aromatic carbocycles. The van der Waals surface area contributed by atoms with Gasteiger partial charge in [0.25, 0.3) is 5.91 Å². The molecule has 3 rings (SSSR count). The number of rotatable bonds is 4. The topological polar surface area (TPSA) is 96.5 Å². The zero-order valence-corrected chi connectivity index (χ0v) is 13.5. The van der Waals surface area contributed by atoms with E-state index in [1.165, 1.54) is 7.11 Å². The van der Waals surface area contributed by atoms with Gasteiger partial charge in [0.2, 0.25) is 11.8 Å². The van der Waals surface area contributed by atoms with Crippen molar-refractivity contribution in [3.63, 3.8) is 0 Å². The van der Waals surface area contributed by atoms with Crippen LogP contribution in [0.3, 0.4) is 0 Å². The van der Waals surface area contributed by atoms with Gasteiger partial charge < -0.3 is 20.7 Å². The molecule has 1 aliphatic rings. The van der Waals surface area contributed by atoms with Crippen LogP contribution in [-0.2, 0) is 9.59 Å². The van der Waals surface area contributed by atoms with Crippen LogP contribution in [0.1, 0.15) is 16.8 Å². The zero-order chi connectivity index (χ0) is 17.8. The molecule has 3 amide bonds. The van der Waals surface area contributed by atoms with Crippen LogP contribution in [0.4, 0.5) is 11.4 Å². The number of fused-ring (bicyclic) bond motifs is 1. The molecule has 0 saturated heterocycles. The van der Waals surface area contributed by atoms with Crippen LogP contribution in [0.15, 0.2) is 48.5 Å². The molecule has 7 heteroatoms. The van der Waals surface area contributed by atoms with Gasteiger partial charge in [0.15, 0.2) is 0 Å². The standard InChI is InChI=1S/C18H17N3O4/c1-25-12-6-4-5-11(9-12)19-16(22)10-15-18(24)20-14-8-3-2-7-13(14)17(23)21-15/h2-9,15H,10H2,1H3,(H,19,22)(H,20,24)(H,21,23)/t15-/m1/s1. The zero-order valence-electron chi connectivity index (χ0n) is 13.5.